The van der Waals surface area contributed by atoms with Gasteiger partial charge in [0.2, 0.25) is 0 Å². The third-order valence-electron chi connectivity index (χ3n) is 5.00. The molecule has 0 radical (unpaired) electrons. The van der Waals surface area contributed by atoms with Gasteiger partial charge in [-0.1, -0.05) is 29.5 Å². The fourth-order valence-corrected chi connectivity index (χ4v) is 4.62. The van der Waals surface area contributed by atoms with Crippen molar-refractivity contribution in [2.24, 2.45) is 4.99 Å². The van der Waals surface area contributed by atoms with Gasteiger partial charge < -0.3 is 9.47 Å². The van der Waals surface area contributed by atoms with Crippen molar-refractivity contribution in [2.75, 3.05) is 7.11 Å². The van der Waals surface area contributed by atoms with Crippen molar-refractivity contribution < 1.29 is 14.3 Å². The van der Waals surface area contributed by atoms with Gasteiger partial charge in [-0.05, 0) is 56.2 Å². The minimum absolute atomic E-state index is 0.222. The Balaban J connectivity index is 1.94. The molecular weight excluding hydrogens is 426 g/mol. The van der Waals surface area contributed by atoms with Crippen LogP contribution in [0.5, 0.6) is 5.75 Å². The molecule has 0 bridgehead atoms. The molecule has 0 unspecified atom stereocenters. The molecule has 7 nitrogen and oxygen atoms in total. The summed E-state index contributed by atoms with van der Waals surface area (Å²) in [6.07, 6.45) is 4.86. The number of nitrogens with zero attached hydrogens (tertiary/aromatic N) is 3. The summed E-state index contributed by atoms with van der Waals surface area (Å²) in [5, 5.41) is 0. The number of hydrogen-bond donors (Lipinski definition) is 0. The van der Waals surface area contributed by atoms with Crippen molar-refractivity contribution >= 4 is 23.4 Å². The van der Waals surface area contributed by atoms with Crippen molar-refractivity contribution in [1.29, 1.82) is 0 Å². The molecule has 164 valence electrons. The summed E-state index contributed by atoms with van der Waals surface area (Å²) in [4.78, 5) is 35.8. The van der Waals surface area contributed by atoms with Gasteiger partial charge in [-0.2, -0.15) is 0 Å². The van der Waals surface area contributed by atoms with E-state index < -0.39 is 12.0 Å². The zero-order chi connectivity index (χ0) is 22.8. The van der Waals surface area contributed by atoms with Crippen LogP contribution in [-0.2, 0) is 9.53 Å². The fraction of sp³-hybridized carbons (Fsp3) is 0.250. The Morgan fingerprint density at radius 3 is 2.59 bits per heavy atom. The lowest BCUT2D eigenvalue weighted by Crippen LogP contribution is -2.40. The average Bonchev–Trinajstić information content (AvgIpc) is 3.07. The van der Waals surface area contributed by atoms with Crippen LogP contribution in [0.4, 0.5) is 0 Å². The molecule has 1 aromatic carbocycles. The molecule has 0 amide bonds. The van der Waals surface area contributed by atoms with Crippen molar-refractivity contribution in [2.45, 2.75) is 32.9 Å². The van der Waals surface area contributed by atoms with Gasteiger partial charge in [0.05, 0.1) is 35.1 Å². The van der Waals surface area contributed by atoms with Crippen LogP contribution in [0, 0.1) is 0 Å². The van der Waals surface area contributed by atoms with Crippen LogP contribution < -0.4 is 19.6 Å². The lowest BCUT2D eigenvalue weighted by atomic mass is 9.96. The van der Waals surface area contributed by atoms with Gasteiger partial charge in [0.25, 0.3) is 5.56 Å². The second kappa shape index (κ2) is 8.92. The Morgan fingerprint density at radius 1 is 1.22 bits per heavy atom. The van der Waals surface area contributed by atoms with Crippen LogP contribution >= 0.6 is 11.3 Å². The number of esters is 1. The van der Waals surface area contributed by atoms with E-state index in [-0.39, 0.29) is 11.7 Å². The van der Waals surface area contributed by atoms with E-state index in [0.29, 0.717) is 26.4 Å². The zero-order valence-electron chi connectivity index (χ0n) is 18.2. The summed E-state index contributed by atoms with van der Waals surface area (Å²) in [5.41, 5.74) is 2.24. The number of rotatable bonds is 5. The summed E-state index contributed by atoms with van der Waals surface area (Å²) < 4.78 is 12.9. The number of methoxy groups -OCH3 is 1. The van der Waals surface area contributed by atoms with Crippen molar-refractivity contribution in [1.82, 2.24) is 9.55 Å². The second-order valence-corrected chi connectivity index (χ2v) is 8.60. The number of ether oxygens (including phenoxy) is 2. The lowest BCUT2D eigenvalue weighted by molar-refractivity contribution is -0.143. The van der Waals surface area contributed by atoms with Crippen molar-refractivity contribution in [3.8, 4) is 5.75 Å². The Hall–Kier alpha value is -3.52. The van der Waals surface area contributed by atoms with Crippen LogP contribution in [0.3, 0.4) is 0 Å². The van der Waals surface area contributed by atoms with Gasteiger partial charge in [0.1, 0.15) is 5.75 Å². The van der Waals surface area contributed by atoms with E-state index in [1.54, 1.807) is 50.9 Å². The first kappa shape index (κ1) is 21.7. The molecule has 3 aromatic rings. The average molecular weight is 450 g/mol. The van der Waals surface area contributed by atoms with Gasteiger partial charge in [0, 0.05) is 12.4 Å². The molecule has 0 saturated carbocycles. The van der Waals surface area contributed by atoms with E-state index in [2.05, 4.69) is 9.98 Å². The Bertz CT molecular complexity index is 1350. The molecule has 3 heterocycles. The number of carbonyl (C=O) groups is 1. The maximum atomic E-state index is 13.5. The number of benzene rings is 1. The third kappa shape index (κ3) is 4.13. The van der Waals surface area contributed by atoms with Crippen molar-refractivity contribution in [3.05, 3.63) is 90.9 Å². The van der Waals surface area contributed by atoms with Crippen LogP contribution in [0.1, 0.15) is 37.9 Å². The minimum Gasteiger partial charge on any atom is -0.497 e. The Morgan fingerprint density at radius 2 is 1.97 bits per heavy atom. The molecule has 1 aliphatic rings. The maximum Gasteiger partial charge on any atom is 0.338 e. The first-order valence-electron chi connectivity index (χ1n) is 10.2. The number of thiazole rings is 1. The standard InChI is InChI=1S/C24H23N3O4S/c1-14(2)31-23(29)20-15(3)26-24-27(21(20)17-7-9-18(30-4)10-8-17)22(28)19(32-24)12-16-6-5-11-25-13-16/h5-14,21H,1-4H3/b19-12-/t21-/m1/s1. The van der Waals surface area contributed by atoms with E-state index in [4.69, 9.17) is 9.47 Å². The summed E-state index contributed by atoms with van der Waals surface area (Å²) in [7, 11) is 1.59. The lowest BCUT2D eigenvalue weighted by Gasteiger charge is -2.25. The van der Waals surface area contributed by atoms with Crippen LogP contribution in [-0.4, -0.2) is 28.7 Å². The largest absolute Gasteiger partial charge is 0.497 e. The smallest absolute Gasteiger partial charge is 0.338 e. The normalized spacial score (nSPS) is 16.0. The van der Waals surface area contributed by atoms with Crippen molar-refractivity contribution in [3.63, 3.8) is 0 Å². The molecular formula is C24H23N3O4S. The molecule has 1 aliphatic heterocycles. The zero-order valence-corrected chi connectivity index (χ0v) is 19.1. The van der Waals surface area contributed by atoms with E-state index in [0.717, 1.165) is 11.1 Å². The number of fused-ring (bicyclic) bond motifs is 1. The highest BCUT2D eigenvalue weighted by atomic mass is 32.1. The molecule has 1 atom stereocenters. The van der Waals surface area contributed by atoms with Gasteiger partial charge in [-0.15, -0.1) is 0 Å². The van der Waals surface area contributed by atoms with E-state index in [1.807, 2.05) is 36.4 Å². The van der Waals surface area contributed by atoms with Gasteiger partial charge in [-0.3, -0.25) is 14.3 Å². The van der Waals surface area contributed by atoms with Crippen LogP contribution in [0.15, 0.2) is 69.8 Å². The molecule has 0 saturated heterocycles. The third-order valence-corrected chi connectivity index (χ3v) is 5.98. The number of hydrogen-bond acceptors (Lipinski definition) is 7. The maximum absolute atomic E-state index is 13.5. The molecule has 8 heteroatoms. The molecule has 2 aromatic heterocycles. The fourth-order valence-electron chi connectivity index (χ4n) is 3.57. The Labute approximate surface area is 189 Å². The summed E-state index contributed by atoms with van der Waals surface area (Å²) in [6.45, 7) is 5.35. The van der Waals surface area contributed by atoms with E-state index in [1.165, 1.54) is 11.3 Å². The van der Waals surface area contributed by atoms with Gasteiger partial charge >= 0.3 is 5.97 Å². The first-order chi connectivity index (χ1) is 15.4. The number of pyridine rings is 1. The SMILES string of the molecule is COc1ccc([C@@H]2C(C(=O)OC(C)C)=C(C)N=c3s/c(=C\c4cccnc4)c(=O)n32)cc1. The number of aromatic nitrogens is 2. The highest BCUT2D eigenvalue weighted by molar-refractivity contribution is 7.07. The molecule has 0 N–H and O–H groups in total. The van der Waals surface area contributed by atoms with Crippen LogP contribution in [0.25, 0.3) is 6.08 Å². The molecule has 0 aliphatic carbocycles. The molecule has 32 heavy (non-hydrogen) atoms. The topological polar surface area (TPSA) is 82.8 Å². The summed E-state index contributed by atoms with van der Waals surface area (Å²) in [5.74, 6) is 0.202. The van der Waals surface area contributed by atoms with E-state index >= 15 is 0 Å². The number of carbonyl (C=O) groups excluding carboxylic acids is 1. The highest BCUT2D eigenvalue weighted by Crippen LogP contribution is 2.31. The predicted molar refractivity (Wildman–Crippen MR) is 122 cm³/mol. The highest BCUT2D eigenvalue weighted by Gasteiger charge is 2.33. The molecule has 0 fully saturated rings. The quantitative estimate of drug-likeness (QED) is 0.559. The minimum atomic E-state index is -0.653. The first-order valence-corrected chi connectivity index (χ1v) is 11.0. The predicted octanol–water partition coefficient (Wildman–Crippen LogP) is 2.59. The number of allylic oxidation sites excluding steroid dienone is 1. The summed E-state index contributed by atoms with van der Waals surface area (Å²) >= 11 is 1.28. The monoisotopic (exact) mass is 449 g/mol. The molecule has 0 spiro atoms. The second-order valence-electron chi connectivity index (χ2n) is 7.60. The Kier molecular flexibility index (Phi) is 6.05. The van der Waals surface area contributed by atoms with Crippen LogP contribution in [0.2, 0.25) is 0 Å². The van der Waals surface area contributed by atoms with Gasteiger partial charge in [-0.25, -0.2) is 9.79 Å². The van der Waals surface area contributed by atoms with E-state index in [9.17, 15) is 9.59 Å². The summed E-state index contributed by atoms with van der Waals surface area (Å²) in [6, 6.07) is 10.4. The van der Waals surface area contributed by atoms with Gasteiger partial charge in [0.15, 0.2) is 4.80 Å². The molecule has 4 rings (SSSR count).